The van der Waals surface area contributed by atoms with Gasteiger partial charge in [-0.25, -0.2) is 13.6 Å². The van der Waals surface area contributed by atoms with Gasteiger partial charge in [0.15, 0.2) is 0 Å². The molecule has 10 heteroatoms. The first kappa shape index (κ1) is 30.9. The Morgan fingerprint density at radius 2 is 1.83 bits per heavy atom. The number of nitrogens with two attached hydrogens (primary N) is 1. The number of rotatable bonds is 9. The molecule has 224 valence electrons. The number of nitrogens with one attached hydrogen (secondary N) is 1. The van der Waals surface area contributed by atoms with E-state index in [4.69, 9.17) is 10.8 Å². The molecule has 2 aromatic carbocycles. The molecule has 0 bridgehead atoms. The van der Waals surface area contributed by atoms with Gasteiger partial charge in [0, 0.05) is 49.8 Å². The lowest BCUT2D eigenvalue weighted by Crippen LogP contribution is -2.53. The van der Waals surface area contributed by atoms with E-state index in [1.807, 2.05) is 4.90 Å². The molecule has 3 amide bonds. The van der Waals surface area contributed by atoms with Gasteiger partial charge >= 0.3 is 6.03 Å². The van der Waals surface area contributed by atoms with Crippen LogP contribution in [0.1, 0.15) is 49.7 Å². The normalized spacial score (nSPS) is 19.6. The summed E-state index contributed by atoms with van der Waals surface area (Å²) in [4.78, 5) is 28.7. The largest absolute Gasteiger partial charge is 0.387 e. The molecule has 4 rings (SSSR count). The lowest BCUT2D eigenvalue weighted by molar-refractivity contribution is -0.123. The summed E-state index contributed by atoms with van der Waals surface area (Å²) < 4.78 is 30.7. The molecule has 0 spiro atoms. The standard InChI is InChI=1S/C31H42F2N4O4/c1-21-8-9-26(32)24(17-21)29-25(6-2-7-27(29)33)31(41,12-4-13-35-28(39)20-38)23-5-3-14-37(19-23)30(40)36-15-10-22(18-34)11-16-36/h2,6-9,17,22-23,38,41H,3-5,10-16,18-20,34H2,1H3,(H,35,39)/t23-,31+/m1/s1. The van der Waals surface area contributed by atoms with Crippen LogP contribution in [-0.2, 0) is 10.4 Å². The van der Waals surface area contributed by atoms with Crippen LogP contribution < -0.4 is 11.1 Å². The number of aliphatic hydroxyl groups is 2. The quantitative estimate of drug-likeness (QED) is 0.343. The first-order chi connectivity index (χ1) is 19.7. The summed E-state index contributed by atoms with van der Waals surface area (Å²) in [5.74, 6) is -1.82. The fourth-order valence-corrected chi connectivity index (χ4v) is 6.29. The number of aliphatic hydroxyl groups excluding tert-OH is 1. The summed E-state index contributed by atoms with van der Waals surface area (Å²) >= 11 is 0. The molecular formula is C31H42F2N4O4. The van der Waals surface area contributed by atoms with Crippen molar-refractivity contribution in [1.82, 2.24) is 15.1 Å². The van der Waals surface area contributed by atoms with Gasteiger partial charge in [0.25, 0.3) is 0 Å². The number of nitrogens with zero attached hydrogens (tertiary/aromatic N) is 2. The second-order valence-electron chi connectivity index (χ2n) is 11.4. The number of likely N-dealkylation sites (tertiary alicyclic amines) is 2. The van der Waals surface area contributed by atoms with Crippen molar-refractivity contribution in [3.63, 3.8) is 0 Å². The van der Waals surface area contributed by atoms with Gasteiger partial charge in [-0.05, 0) is 81.7 Å². The van der Waals surface area contributed by atoms with Crippen LogP contribution in [-0.4, -0.2) is 77.8 Å². The third-order valence-electron chi connectivity index (χ3n) is 8.66. The molecule has 2 aliphatic rings. The molecule has 0 radical (unpaired) electrons. The number of piperidine rings is 2. The van der Waals surface area contributed by atoms with Crippen molar-refractivity contribution in [1.29, 1.82) is 0 Å². The maximum atomic E-state index is 15.6. The van der Waals surface area contributed by atoms with Crippen molar-refractivity contribution < 1.29 is 28.6 Å². The summed E-state index contributed by atoms with van der Waals surface area (Å²) in [6.07, 6.45) is 3.42. The molecule has 0 aliphatic carbocycles. The third kappa shape index (κ3) is 7.05. The molecule has 41 heavy (non-hydrogen) atoms. The van der Waals surface area contributed by atoms with E-state index in [1.54, 1.807) is 30.0 Å². The highest BCUT2D eigenvalue weighted by molar-refractivity contribution is 5.77. The third-order valence-corrected chi connectivity index (χ3v) is 8.66. The molecule has 2 fully saturated rings. The Morgan fingerprint density at radius 3 is 2.54 bits per heavy atom. The number of hydrogen-bond acceptors (Lipinski definition) is 5. The van der Waals surface area contributed by atoms with Crippen LogP contribution >= 0.6 is 0 Å². The molecule has 8 nitrogen and oxygen atoms in total. The number of amides is 3. The fraction of sp³-hybridized carbons (Fsp3) is 0.548. The summed E-state index contributed by atoms with van der Waals surface area (Å²) in [5, 5.41) is 24.2. The maximum absolute atomic E-state index is 15.6. The Kier molecular flexibility index (Phi) is 10.3. The van der Waals surface area contributed by atoms with Crippen molar-refractivity contribution >= 4 is 11.9 Å². The minimum absolute atomic E-state index is 0.00269. The number of hydrogen-bond donors (Lipinski definition) is 4. The van der Waals surface area contributed by atoms with Crippen LogP contribution in [0.4, 0.5) is 13.6 Å². The Bertz CT molecular complexity index is 1220. The summed E-state index contributed by atoms with van der Waals surface area (Å²) in [6.45, 7) is 4.04. The van der Waals surface area contributed by atoms with Crippen molar-refractivity contribution in [3.8, 4) is 11.1 Å². The number of carbonyl (C=O) groups excluding carboxylic acids is 2. The average Bonchev–Trinajstić information content (AvgIpc) is 3.00. The van der Waals surface area contributed by atoms with Crippen molar-refractivity contribution in [2.75, 3.05) is 45.9 Å². The zero-order valence-corrected chi connectivity index (χ0v) is 23.7. The summed E-state index contributed by atoms with van der Waals surface area (Å²) in [5.41, 5.74) is 5.28. The Morgan fingerprint density at radius 1 is 1.07 bits per heavy atom. The highest BCUT2D eigenvalue weighted by atomic mass is 19.1. The Balaban J connectivity index is 1.67. The van der Waals surface area contributed by atoms with E-state index >= 15 is 8.78 Å². The van der Waals surface area contributed by atoms with Crippen molar-refractivity contribution in [2.45, 2.75) is 51.0 Å². The smallest absolute Gasteiger partial charge is 0.320 e. The van der Waals surface area contributed by atoms with Crippen LogP contribution in [0.15, 0.2) is 36.4 Å². The van der Waals surface area contributed by atoms with Gasteiger partial charge in [0.05, 0.1) is 5.60 Å². The highest BCUT2D eigenvalue weighted by Gasteiger charge is 2.44. The van der Waals surface area contributed by atoms with Gasteiger partial charge in [-0.2, -0.15) is 0 Å². The monoisotopic (exact) mass is 572 g/mol. The SMILES string of the molecule is Cc1ccc(F)c(-c2c(F)cccc2[C@](O)(CCCNC(=O)CO)[C@@H]2CCCN(C(=O)N3CCC(CN)CC3)C2)c1. The van der Waals surface area contributed by atoms with Crippen molar-refractivity contribution in [2.24, 2.45) is 17.6 Å². The van der Waals surface area contributed by atoms with Gasteiger partial charge in [-0.15, -0.1) is 0 Å². The topological polar surface area (TPSA) is 119 Å². The molecular weight excluding hydrogens is 530 g/mol. The van der Waals surface area contributed by atoms with Gasteiger partial charge in [-0.3, -0.25) is 4.79 Å². The summed E-state index contributed by atoms with van der Waals surface area (Å²) in [7, 11) is 0. The van der Waals surface area contributed by atoms with E-state index in [-0.39, 0.29) is 42.2 Å². The van der Waals surface area contributed by atoms with Gasteiger partial charge in [0.1, 0.15) is 18.2 Å². The van der Waals surface area contributed by atoms with Crippen molar-refractivity contribution in [3.05, 3.63) is 59.2 Å². The molecule has 0 unspecified atom stereocenters. The second kappa shape index (κ2) is 13.7. The molecule has 2 saturated heterocycles. The van der Waals surface area contributed by atoms with Crippen LogP contribution in [0.3, 0.4) is 0 Å². The first-order valence-corrected chi connectivity index (χ1v) is 14.6. The van der Waals surface area contributed by atoms with Crippen LogP contribution in [0.5, 0.6) is 0 Å². The zero-order valence-electron chi connectivity index (χ0n) is 23.7. The van der Waals surface area contributed by atoms with E-state index in [0.29, 0.717) is 51.4 Å². The van der Waals surface area contributed by atoms with E-state index < -0.39 is 35.7 Å². The maximum Gasteiger partial charge on any atom is 0.320 e. The minimum atomic E-state index is -1.62. The number of benzene rings is 2. The molecule has 2 atom stereocenters. The summed E-state index contributed by atoms with van der Waals surface area (Å²) in [6, 6.07) is 8.78. The van der Waals surface area contributed by atoms with E-state index in [2.05, 4.69) is 5.32 Å². The molecule has 2 aliphatic heterocycles. The Labute approximate surface area is 240 Å². The predicted octanol–water partition coefficient (Wildman–Crippen LogP) is 3.52. The molecule has 0 aromatic heterocycles. The average molecular weight is 573 g/mol. The van der Waals surface area contributed by atoms with E-state index in [0.717, 1.165) is 18.4 Å². The molecule has 2 heterocycles. The fourth-order valence-electron chi connectivity index (χ4n) is 6.29. The van der Waals surface area contributed by atoms with Crippen LogP contribution in [0.25, 0.3) is 11.1 Å². The number of urea groups is 1. The van der Waals surface area contributed by atoms with Gasteiger partial charge in [0.2, 0.25) is 5.91 Å². The second-order valence-corrected chi connectivity index (χ2v) is 11.4. The molecule has 5 N–H and O–H groups in total. The van der Waals surface area contributed by atoms with Crippen LogP contribution in [0, 0.1) is 30.4 Å². The predicted molar refractivity (Wildman–Crippen MR) is 153 cm³/mol. The first-order valence-electron chi connectivity index (χ1n) is 14.6. The van der Waals surface area contributed by atoms with E-state index in [9.17, 15) is 14.7 Å². The Hall–Kier alpha value is -3.08. The number of halogens is 2. The van der Waals surface area contributed by atoms with E-state index in [1.165, 1.54) is 18.2 Å². The zero-order chi connectivity index (χ0) is 29.6. The lowest BCUT2D eigenvalue weighted by atomic mass is 9.72. The van der Waals surface area contributed by atoms with Gasteiger partial charge < -0.3 is 31.1 Å². The lowest BCUT2D eigenvalue weighted by Gasteiger charge is -2.45. The highest BCUT2D eigenvalue weighted by Crippen LogP contribution is 2.45. The minimum Gasteiger partial charge on any atom is -0.387 e. The van der Waals surface area contributed by atoms with Crippen LogP contribution in [0.2, 0.25) is 0 Å². The van der Waals surface area contributed by atoms with Gasteiger partial charge in [-0.1, -0.05) is 23.8 Å². The molecule has 2 aromatic rings. The number of aryl methyl sites for hydroxylation is 1. The number of carbonyl (C=O) groups is 2. The molecule has 0 saturated carbocycles.